The van der Waals surface area contributed by atoms with Crippen molar-refractivity contribution >= 4 is 34.8 Å². The first-order valence-electron chi connectivity index (χ1n) is 18.4. The lowest BCUT2D eigenvalue weighted by atomic mass is 9.98. The molecule has 0 saturated carbocycles. The maximum Gasteiger partial charge on any atom is 0.428 e. The summed E-state index contributed by atoms with van der Waals surface area (Å²) < 4.78 is 11.5. The number of amides is 4. The smallest absolute Gasteiger partial charge is 0.428 e. The molecule has 10 heteroatoms. The Morgan fingerprint density at radius 3 is 1.84 bits per heavy atom. The van der Waals surface area contributed by atoms with E-state index < -0.39 is 41.7 Å². The molecule has 0 spiro atoms. The molecule has 5 aromatic rings. The van der Waals surface area contributed by atoms with Crippen LogP contribution in [0, 0.1) is 0 Å². The first-order valence-corrected chi connectivity index (χ1v) is 18.4. The molecule has 0 saturated heterocycles. The van der Waals surface area contributed by atoms with Gasteiger partial charge in [-0.15, -0.1) is 0 Å². The number of carbonyl (C=O) groups is 4. The SMILES string of the molecule is CN(NC(=O)[C@@H](Cc1ccccc1)N(C)C(=O)[C@@H](Cc1ccc2ccccc2c1)N(C)C(=O)OCC1c2ccccc2-c2ccccc21)C(=O)OC(C)(C)C. The number of nitrogens with zero attached hydrogens (tertiary/aromatic N) is 3. The summed E-state index contributed by atoms with van der Waals surface area (Å²) in [7, 11) is 4.49. The highest BCUT2D eigenvalue weighted by Crippen LogP contribution is 2.44. The molecule has 0 aliphatic heterocycles. The van der Waals surface area contributed by atoms with Crippen molar-refractivity contribution in [1.29, 1.82) is 0 Å². The fraction of sp³-hybridized carbons (Fsp3) is 0.289. The summed E-state index contributed by atoms with van der Waals surface area (Å²) in [6.45, 7) is 5.27. The highest BCUT2D eigenvalue weighted by molar-refractivity contribution is 5.92. The predicted octanol–water partition coefficient (Wildman–Crippen LogP) is 7.60. The molecule has 0 fully saturated rings. The van der Waals surface area contributed by atoms with E-state index in [-0.39, 0.29) is 25.4 Å². The molecule has 0 aromatic heterocycles. The number of hydrogen-bond donors (Lipinski definition) is 1. The van der Waals surface area contributed by atoms with E-state index in [1.54, 1.807) is 34.9 Å². The van der Waals surface area contributed by atoms with Gasteiger partial charge in [-0.3, -0.25) is 19.9 Å². The van der Waals surface area contributed by atoms with Crippen LogP contribution in [-0.2, 0) is 31.9 Å². The van der Waals surface area contributed by atoms with Crippen LogP contribution in [-0.4, -0.2) is 84.2 Å². The lowest BCUT2D eigenvalue weighted by Crippen LogP contribution is -2.58. The quantitative estimate of drug-likeness (QED) is 0.148. The van der Waals surface area contributed by atoms with Crippen LogP contribution < -0.4 is 5.43 Å². The third-order valence-electron chi connectivity index (χ3n) is 9.95. The maximum absolute atomic E-state index is 14.8. The van der Waals surface area contributed by atoms with Crippen molar-refractivity contribution in [3.05, 3.63) is 144 Å². The Morgan fingerprint density at radius 2 is 1.20 bits per heavy atom. The fourth-order valence-corrected chi connectivity index (χ4v) is 7.05. The molecule has 1 aliphatic rings. The molecule has 1 aliphatic carbocycles. The fourth-order valence-electron chi connectivity index (χ4n) is 7.05. The molecular weight excluding hydrogens is 693 g/mol. The lowest BCUT2D eigenvalue weighted by molar-refractivity contribution is -0.143. The molecule has 4 amide bonds. The number of ether oxygens (including phenoxy) is 2. The van der Waals surface area contributed by atoms with Crippen molar-refractivity contribution in [3.8, 4) is 11.1 Å². The summed E-state index contributed by atoms with van der Waals surface area (Å²) in [5, 5.41) is 3.01. The highest BCUT2D eigenvalue weighted by atomic mass is 16.6. The van der Waals surface area contributed by atoms with Gasteiger partial charge in [0.25, 0.3) is 5.91 Å². The van der Waals surface area contributed by atoms with E-state index in [0.29, 0.717) is 0 Å². The zero-order valence-corrected chi connectivity index (χ0v) is 32.2. The van der Waals surface area contributed by atoms with Gasteiger partial charge >= 0.3 is 12.2 Å². The van der Waals surface area contributed by atoms with Crippen LogP contribution in [0.4, 0.5) is 9.59 Å². The van der Waals surface area contributed by atoms with E-state index in [4.69, 9.17) is 9.47 Å². The van der Waals surface area contributed by atoms with E-state index in [1.165, 1.54) is 16.8 Å². The van der Waals surface area contributed by atoms with Gasteiger partial charge in [-0.1, -0.05) is 121 Å². The second kappa shape index (κ2) is 16.5. The number of rotatable bonds is 10. The van der Waals surface area contributed by atoms with Gasteiger partial charge in [-0.2, -0.15) is 0 Å². The first-order chi connectivity index (χ1) is 26.3. The van der Waals surface area contributed by atoms with Crippen molar-refractivity contribution in [1.82, 2.24) is 20.2 Å². The summed E-state index contributed by atoms with van der Waals surface area (Å²) >= 11 is 0. The van der Waals surface area contributed by atoms with Gasteiger partial charge in [0.2, 0.25) is 5.91 Å². The number of fused-ring (bicyclic) bond motifs is 4. The van der Waals surface area contributed by atoms with E-state index in [0.717, 1.165) is 49.2 Å². The number of hydrogen-bond acceptors (Lipinski definition) is 6. The molecule has 5 aromatic carbocycles. The standard InChI is InChI=1S/C45H48N4O6/c1-45(2,3)55-44(53)49(6)46-41(50)39(27-30-16-8-7-9-17-30)47(4)42(51)40(28-31-24-25-32-18-10-11-19-33(32)26-31)48(5)43(52)54-29-38-36-22-14-12-20-34(36)35-21-13-15-23-37(35)38/h7-26,38-40H,27-29H2,1-6H3,(H,46,50)/t39-,40-/m1/s1. The van der Waals surface area contributed by atoms with Gasteiger partial charge < -0.3 is 14.4 Å². The van der Waals surface area contributed by atoms with Crippen LogP contribution >= 0.6 is 0 Å². The van der Waals surface area contributed by atoms with Crippen molar-refractivity contribution < 1.29 is 28.7 Å². The molecule has 2 atom stereocenters. The van der Waals surface area contributed by atoms with Crippen LogP contribution in [0.3, 0.4) is 0 Å². The van der Waals surface area contributed by atoms with E-state index in [2.05, 4.69) is 29.7 Å². The van der Waals surface area contributed by atoms with Gasteiger partial charge in [0, 0.05) is 39.9 Å². The lowest BCUT2D eigenvalue weighted by Gasteiger charge is -2.35. The third-order valence-corrected chi connectivity index (χ3v) is 9.95. The molecule has 10 nitrogen and oxygen atoms in total. The van der Waals surface area contributed by atoms with Crippen LogP contribution in [0.1, 0.15) is 48.9 Å². The Labute approximate surface area is 322 Å². The Hall–Kier alpha value is -6.16. The average molecular weight is 741 g/mol. The molecule has 0 heterocycles. The zero-order valence-electron chi connectivity index (χ0n) is 32.2. The average Bonchev–Trinajstić information content (AvgIpc) is 3.50. The van der Waals surface area contributed by atoms with Gasteiger partial charge in [0.05, 0.1) is 0 Å². The Bertz CT molecular complexity index is 2140. The van der Waals surface area contributed by atoms with Gasteiger partial charge in [-0.25, -0.2) is 14.6 Å². The molecule has 284 valence electrons. The number of hydrazine groups is 1. The summed E-state index contributed by atoms with van der Waals surface area (Å²) in [6, 6.07) is 37.3. The van der Waals surface area contributed by atoms with Crippen LogP contribution in [0.25, 0.3) is 21.9 Å². The molecule has 0 bridgehead atoms. The molecule has 0 unspecified atom stereocenters. The summed E-state index contributed by atoms with van der Waals surface area (Å²) in [6.07, 6.45) is -1.11. The highest BCUT2D eigenvalue weighted by Gasteiger charge is 2.37. The third kappa shape index (κ3) is 8.97. The largest absolute Gasteiger partial charge is 0.448 e. The monoisotopic (exact) mass is 740 g/mol. The summed E-state index contributed by atoms with van der Waals surface area (Å²) in [5.41, 5.74) is 7.83. The minimum atomic E-state index is -1.06. The van der Waals surface area contributed by atoms with Crippen LogP contribution in [0.5, 0.6) is 0 Å². The van der Waals surface area contributed by atoms with Gasteiger partial charge in [0.15, 0.2) is 0 Å². The topological polar surface area (TPSA) is 108 Å². The number of benzene rings is 5. The van der Waals surface area contributed by atoms with Crippen molar-refractivity contribution in [2.45, 2.75) is 57.2 Å². The minimum absolute atomic E-state index is 0.0833. The number of nitrogens with one attached hydrogen (secondary N) is 1. The number of likely N-dealkylation sites (N-methyl/N-ethyl adjacent to an activating group) is 2. The van der Waals surface area contributed by atoms with Crippen LogP contribution in [0.15, 0.2) is 121 Å². The molecular formula is C45H48N4O6. The maximum atomic E-state index is 14.8. The molecule has 0 radical (unpaired) electrons. The van der Waals surface area contributed by atoms with Gasteiger partial charge in [0.1, 0.15) is 24.3 Å². The molecule has 6 rings (SSSR count). The summed E-state index contributed by atoms with van der Waals surface area (Å²) in [4.78, 5) is 58.3. The molecule has 1 N–H and O–H groups in total. The molecule has 55 heavy (non-hydrogen) atoms. The Balaban J connectivity index is 1.28. The Kier molecular flexibility index (Phi) is 11.5. The zero-order chi connectivity index (χ0) is 39.3. The van der Waals surface area contributed by atoms with E-state index >= 15 is 0 Å². The predicted molar refractivity (Wildman–Crippen MR) is 213 cm³/mol. The van der Waals surface area contributed by atoms with Crippen LogP contribution in [0.2, 0.25) is 0 Å². The first kappa shape index (κ1) is 38.6. The Morgan fingerprint density at radius 1 is 0.636 bits per heavy atom. The summed E-state index contributed by atoms with van der Waals surface area (Å²) in [5.74, 6) is -1.23. The van der Waals surface area contributed by atoms with Gasteiger partial charge in [-0.05, 0) is 64.9 Å². The van der Waals surface area contributed by atoms with E-state index in [9.17, 15) is 19.2 Å². The van der Waals surface area contributed by atoms with E-state index in [1.807, 2.05) is 97.1 Å². The second-order valence-corrected chi connectivity index (χ2v) is 15.0. The normalized spacial score (nSPS) is 13.2. The minimum Gasteiger partial charge on any atom is -0.448 e. The van der Waals surface area contributed by atoms with Crippen molar-refractivity contribution in [2.75, 3.05) is 27.7 Å². The number of carbonyl (C=O) groups excluding carboxylic acids is 4. The van der Waals surface area contributed by atoms with Crippen molar-refractivity contribution in [3.63, 3.8) is 0 Å². The van der Waals surface area contributed by atoms with Crippen molar-refractivity contribution in [2.24, 2.45) is 0 Å². The second-order valence-electron chi connectivity index (χ2n) is 15.0.